The number of nitrogens with two attached hydrogens (primary N) is 1. The van der Waals surface area contributed by atoms with Crippen molar-refractivity contribution in [3.8, 4) is 5.75 Å². The summed E-state index contributed by atoms with van der Waals surface area (Å²) in [5, 5.41) is 0. The molecule has 0 atom stereocenters. The summed E-state index contributed by atoms with van der Waals surface area (Å²) in [6.45, 7) is 7.29. The maximum absolute atomic E-state index is 5.84. The zero-order valence-electron chi connectivity index (χ0n) is 11.2. The van der Waals surface area contributed by atoms with Crippen LogP contribution in [-0.4, -0.2) is 19.3 Å². The molecule has 17 heavy (non-hydrogen) atoms. The number of methoxy groups -OCH3 is 1. The van der Waals surface area contributed by atoms with Crippen molar-refractivity contribution in [2.24, 2.45) is 5.73 Å². The Kier molecular flexibility index (Phi) is 4.97. The average Bonchev–Trinajstić information content (AvgIpc) is 2.31. The lowest BCUT2D eigenvalue weighted by Crippen LogP contribution is -2.25. The first-order valence-electron chi connectivity index (χ1n) is 5.96. The van der Waals surface area contributed by atoms with Gasteiger partial charge in [0.2, 0.25) is 0 Å². The highest BCUT2D eigenvalue weighted by atomic mass is 16.5. The molecule has 0 bridgehead atoms. The molecule has 0 aliphatic heterocycles. The fraction of sp³-hybridized carbons (Fsp3) is 0.571. The second-order valence-electron chi connectivity index (χ2n) is 4.83. The average molecular weight is 237 g/mol. The Labute approximate surface area is 104 Å². The van der Waals surface area contributed by atoms with Crippen LogP contribution in [0.25, 0.3) is 0 Å². The van der Waals surface area contributed by atoms with Crippen molar-refractivity contribution in [2.45, 2.75) is 39.3 Å². The number of aryl methyl sites for hydroxylation is 1. The summed E-state index contributed by atoms with van der Waals surface area (Å²) >= 11 is 0. The van der Waals surface area contributed by atoms with Crippen LogP contribution in [0, 0.1) is 6.92 Å². The van der Waals surface area contributed by atoms with Gasteiger partial charge >= 0.3 is 0 Å². The third-order valence-electron chi connectivity index (χ3n) is 3.02. The zero-order chi connectivity index (χ0) is 12.9. The molecule has 0 spiro atoms. The minimum absolute atomic E-state index is 0.147. The fourth-order valence-electron chi connectivity index (χ4n) is 1.58. The Hall–Kier alpha value is -1.06. The first kappa shape index (κ1) is 14.0. The minimum Gasteiger partial charge on any atom is -0.493 e. The monoisotopic (exact) mass is 237 g/mol. The molecular weight excluding hydrogens is 214 g/mol. The maximum Gasteiger partial charge on any atom is 0.126 e. The molecule has 0 radical (unpaired) electrons. The van der Waals surface area contributed by atoms with Crippen molar-refractivity contribution in [1.29, 1.82) is 0 Å². The highest BCUT2D eigenvalue weighted by Gasteiger charge is 2.16. The molecule has 0 heterocycles. The molecule has 1 aromatic carbocycles. The van der Waals surface area contributed by atoms with Gasteiger partial charge < -0.3 is 15.2 Å². The van der Waals surface area contributed by atoms with Crippen LogP contribution in [0.15, 0.2) is 18.2 Å². The number of benzene rings is 1. The highest BCUT2D eigenvalue weighted by Crippen LogP contribution is 2.24. The predicted molar refractivity (Wildman–Crippen MR) is 70.3 cm³/mol. The molecule has 0 fully saturated rings. The van der Waals surface area contributed by atoms with Gasteiger partial charge in [0.15, 0.2) is 0 Å². The van der Waals surface area contributed by atoms with Gasteiger partial charge in [-0.1, -0.05) is 18.2 Å². The van der Waals surface area contributed by atoms with Gasteiger partial charge in [-0.15, -0.1) is 0 Å². The Bertz CT molecular complexity index is 361. The van der Waals surface area contributed by atoms with E-state index in [1.54, 1.807) is 7.11 Å². The minimum atomic E-state index is -0.147. The third-order valence-corrected chi connectivity index (χ3v) is 3.02. The zero-order valence-corrected chi connectivity index (χ0v) is 11.2. The Morgan fingerprint density at radius 3 is 2.59 bits per heavy atom. The van der Waals surface area contributed by atoms with E-state index in [0.717, 1.165) is 23.3 Å². The molecule has 2 N–H and O–H groups in total. The van der Waals surface area contributed by atoms with Crippen LogP contribution >= 0.6 is 0 Å². The highest BCUT2D eigenvalue weighted by molar-refractivity contribution is 5.40. The first-order valence-corrected chi connectivity index (χ1v) is 5.96. The van der Waals surface area contributed by atoms with Crippen molar-refractivity contribution in [1.82, 2.24) is 0 Å². The van der Waals surface area contributed by atoms with E-state index in [4.69, 9.17) is 15.2 Å². The van der Waals surface area contributed by atoms with E-state index in [2.05, 4.69) is 13.8 Å². The first-order chi connectivity index (χ1) is 8.00. The van der Waals surface area contributed by atoms with Gasteiger partial charge in [0.1, 0.15) is 5.75 Å². The molecule has 1 rings (SSSR count). The summed E-state index contributed by atoms with van der Waals surface area (Å²) in [6, 6.07) is 6.04. The van der Waals surface area contributed by atoms with Crippen LogP contribution in [0.5, 0.6) is 5.75 Å². The van der Waals surface area contributed by atoms with Crippen LogP contribution in [0.1, 0.15) is 31.4 Å². The number of para-hydroxylation sites is 1. The van der Waals surface area contributed by atoms with Crippen LogP contribution in [-0.2, 0) is 11.3 Å². The maximum atomic E-state index is 5.84. The Morgan fingerprint density at radius 1 is 1.29 bits per heavy atom. The number of hydrogen-bond donors (Lipinski definition) is 1. The van der Waals surface area contributed by atoms with Crippen molar-refractivity contribution in [3.05, 3.63) is 29.3 Å². The van der Waals surface area contributed by atoms with Gasteiger partial charge in [0.05, 0.1) is 12.2 Å². The third kappa shape index (κ3) is 4.02. The van der Waals surface area contributed by atoms with Gasteiger partial charge in [-0.25, -0.2) is 0 Å². The molecule has 96 valence electrons. The summed E-state index contributed by atoms with van der Waals surface area (Å²) in [5.41, 5.74) is 7.73. The van der Waals surface area contributed by atoms with Crippen molar-refractivity contribution < 1.29 is 9.47 Å². The summed E-state index contributed by atoms with van der Waals surface area (Å²) in [4.78, 5) is 0. The Balaban J connectivity index is 2.63. The van der Waals surface area contributed by atoms with Crippen molar-refractivity contribution in [3.63, 3.8) is 0 Å². The lowest BCUT2D eigenvalue weighted by molar-refractivity contribution is 0.00532. The van der Waals surface area contributed by atoms with Crippen LogP contribution in [0.4, 0.5) is 0 Å². The second kappa shape index (κ2) is 6.03. The summed E-state index contributed by atoms with van der Waals surface area (Å²) in [7, 11) is 1.72. The van der Waals surface area contributed by atoms with E-state index in [0.29, 0.717) is 13.2 Å². The van der Waals surface area contributed by atoms with Crippen LogP contribution < -0.4 is 10.5 Å². The molecule has 0 aliphatic carbocycles. The quantitative estimate of drug-likeness (QED) is 0.827. The number of ether oxygens (including phenoxy) is 2. The van der Waals surface area contributed by atoms with Crippen molar-refractivity contribution in [2.75, 3.05) is 13.7 Å². The molecular formula is C14H23NO2. The molecule has 0 saturated carbocycles. The molecule has 3 heteroatoms. The lowest BCUT2D eigenvalue weighted by Gasteiger charge is -2.23. The van der Waals surface area contributed by atoms with Crippen molar-refractivity contribution >= 4 is 0 Å². The van der Waals surface area contributed by atoms with Gasteiger partial charge in [0.25, 0.3) is 0 Å². The van der Waals surface area contributed by atoms with E-state index in [1.165, 1.54) is 0 Å². The van der Waals surface area contributed by atoms with E-state index in [1.807, 2.05) is 25.1 Å². The molecule has 0 aromatic heterocycles. The lowest BCUT2D eigenvalue weighted by atomic mass is 10.1. The van der Waals surface area contributed by atoms with E-state index in [9.17, 15) is 0 Å². The molecule has 1 aromatic rings. The molecule has 0 aliphatic rings. The second-order valence-corrected chi connectivity index (χ2v) is 4.83. The van der Waals surface area contributed by atoms with E-state index < -0.39 is 0 Å². The standard InChI is InChI=1S/C14H23NO2/c1-11-6-5-7-12(10-15)13(11)17-9-8-14(2,3)16-4/h5-7H,8-10,15H2,1-4H3. The Morgan fingerprint density at radius 2 is 2.00 bits per heavy atom. The summed E-state index contributed by atoms with van der Waals surface area (Å²) < 4.78 is 11.2. The summed E-state index contributed by atoms with van der Waals surface area (Å²) in [5.74, 6) is 0.918. The smallest absolute Gasteiger partial charge is 0.126 e. The van der Waals surface area contributed by atoms with Gasteiger partial charge in [-0.3, -0.25) is 0 Å². The van der Waals surface area contributed by atoms with Gasteiger partial charge in [-0.2, -0.15) is 0 Å². The topological polar surface area (TPSA) is 44.5 Å². The van der Waals surface area contributed by atoms with Crippen LogP contribution in [0.2, 0.25) is 0 Å². The molecule has 0 unspecified atom stereocenters. The largest absolute Gasteiger partial charge is 0.493 e. The van der Waals surface area contributed by atoms with Gasteiger partial charge in [-0.05, 0) is 26.3 Å². The van der Waals surface area contributed by atoms with Crippen LogP contribution in [0.3, 0.4) is 0 Å². The molecule has 0 saturated heterocycles. The number of rotatable bonds is 6. The summed E-state index contributed by atoms with van der Waals surface area (Å²) in [6.07, 6.45) is 0.849. The molecule has 0 amide bonds. The normalized spacial score (nSPS) is 11.6. The fourth-order valence-corrected chi connectivity index (χ4v) is 1.58. The SMILES string of the molecule is COC(C)(C)CCOc1c(C)cccc1CN. The number of hydrogen-bond acceptors (Lipinski definition) is 3. The van der Waals surface area contributed by atoms with E-state index in [-0.39, 0.29) is 5.60 Å². The predicted octanol–water partition coefficient (Wildman–Crippen LogP) is 2.65. The van der Waals surface area contributed by atoms with Gasteiger partial charge in [0, 0.05) is 25.6 Å². The van der Waals surface area contributed by atoms with E-state index >= 15 is 0 Å². The molecule has 3 nitrogen and oxygen atoms in total.